The lowest BCUT2D eigenvalue weighted by atomic mass is 10.0. The molecule has 1 aromatic rings. The van der Waals surface area contributed by atoms with Crippen LogP contribution in [0.5, 0.6) is 0 Å². The Morgan fingerprint density at radius 1 is 0.857 bits per heavy atom. The summed E-state index contributed by atoms with van der Waals surface area (Å²) in [5.74, 6) is -2.39. The van der Waals surface area contributed by atoms with E-state index in [0.717, 1.165) is 5.56 Å². The van der Waals surface area contributed by atoms with Crippen LogP contribution in [0.3, 0.4) is 0 Å². The van der Waals surface area contributed by atoms with Crippen LogP contribution in [-0.2, 0) is 29.5 Å². The van der Waals surface area contributed by atoms with Crippen LogP contribution in [0, 0.1) is 0 Å². The van der Waals surface area contributed by atoms with Crippen LogP contribution < -0.4 is 0 Å². The van der Waals surface area contributed by atoms with Gasteiger partial charge < -0.3 is 5.11 Å². The number of halogens is 1. The van der Waals surface area contributed by atoms with E-state index in [1.165, 1.54) is 12.1 Å². The standard InChI is InChI=1S/C17H27ClO7S3/c1-14(2)15-3-5-17(6-4-15)28(24,25)12-11-26(20,21)9-7-16(19)13-27(22,23)10-8-18/h3-6,14,16,19H,7-13H2,1-2H3. The Bertz CT molecular complexity index is 935. The molecule has 1 unspecified atom stereocenters. The fourth-order valence-electron chi connectivity index (χ4n) is 2.41. The maximum Gasteiger partial charge on any atom is 0.179 e. The van der Waals surface area contributed by atoms with Crippen molar-refractivity contribution in [1.29, 1.82) is 0 Å². The molecule has 0 aromatic heterocycles. The van der Waals surface area contributed by atoms with Gasteiger partial charge in [0.1, 0.15) is 0 Å². The lowest BCUT2D eigenvalue weighted by Crippen LogP contribution is -2.27. The molecule has 0 saturated carbocycles. The zero-order valence-electron chi connectivity index (χ0n) is 15.9. The van der Waals surface area contributed by atoms with E-state index in [-0.39, 0.29) is 28.9 Å². The summed E-state index contributed by atoms with van der Waals surface area (Å²) in [4.78, 5) is 0.0549. The molecule has 162 valence electrons. The fraction of sp³-hybridized carbons (Fsp3) is 0.647. The van der Waals surface area contributed by atoms with Crippen molar-refractivity contribution < 1.29 is 30.4 Å². The molecular formula is C17H27ClO7S3. The van der Waals surface area contributed by atoms with Gasteiger partial charge >= 0.3 is 0 Å². The van der Waals surface area contributed by atoms with Crippen molar-refractivity contribution in [2.75, 3.05) is 34.6 Å². The van der Waals surface area contributed by atoms with Gasteiger partial charge in [0.2, 0.25) is 0 Å². The molecule has 0 bridgehead atoms. The van der Waals surface area contributed by atoms with E-state index in [9.17, 15) is 30.4 Å². The van der Waals surface area contributed by atoms with Crippen LogP contribution in [0.1, 0.15) is 31.7 Å². The van der Waals surface area contributed by atoms with Gasteiger partial charge in [-0.2, -0.15) is 0 Å². The maximum atomic E-state index is 12.4. The number of aliphatic hydroxyl groups excluding tert-OH is 1. The van der Waals surface area contributed by atoms with E-state index < -0.39 is 58.6 Å². The van der Waals surface area contributed by atoms with E-state index in [1.807, 2.05) is 13.8 Å². The molecule has 0 spiro atoms. The summed E-state index contributed by atoms with van der Waals surface area (Å²) in [6.45, 7) is 3.96. The summed E-state index contributed by atoms with van der Waals surface area (Å²) in [5, 5.41) is 9.75. The number of aliphatic hydroxyl groups is 1. The van der Waals surface area contributed by atoms with E-state index in [4.69, 9.17) is 11.6 Å². The van der Waals surface area contributed by atoms with Crippen molar-refractivity contribution >= 4 is 41.1 Å². The van der Waals surface area contributed by atoms with Crippen LogP contribution in [0.15, 0.2) is 29.2 Å². The molecule has 0 radical (unpaired) electrons. The lowest BCUT2D eigenvalue weighted by Gasteiger charge is -2.11. The van der Waals surface area contributed by atoms with Gasteiger partial charge in [0.05, 0.1) is 39.8 Å². The second kappa shape index (κ2) is 10.4. The third-order valence-corrected chi connectivity index (χ3v) is 9.97. The first-order valence-electron chi connectivity index (χ1n) is 8.75. The molecule has 11 heteroatoms. The number of rotatable bonds is 12. The van der Waals surface area contributed by atoms with Gasteiger partial charge in [-0.05, 0) is 30.0 Å². The molecule has 1 aromatic carbocycles. The predicted octanol–water partition coefficient (Wildman–Crippen LogP) is 1.40. The first kappa shape index (κ1) is 25.4. The molecule has 0 saturated heterocycles. The van der Waals surface area contributed by atoms with Gasteiger partial charge in [-0.1, -0.05) is 26.0 Å². The first-order valence-corrected chi connectivity index (χ1v) is 14.6. The molecule has 28 heavy (non-hydrogen) atoms. The summed E-state index contributed by atoms with van der Waals surface area (Å²) in [6.07, 6.45) is -1.63. The van der Waals surface area contributed by atoms with E-state index >= 15 is 0 Å². The van der Waals surface area contributed by atoms with Gasteiger partial charge in [-0.25, -0.2) is 25.3 Å². The second-order valence-corrected chi connectivity index (χ2v) is 14.0. The largest absolute Gasteiger partial charge is 0.392 e. The number of sulfone groups is 3. The van der Waals surface area contributed by atoms with Crippen molar-refractivity contribution in [2.45, 2.75) is 37.2 Å². The molecule has 0 heterocycles. The average Bonchev–Trinajstić information content (AvgIpc) is 2.58. The minimum atomic E-state index is -3.77. The molecule has 0 fully saturated rings. The molecule has 0 aliphatic heterocycles. The summed E-state index contributed by atoms with van der Waals surface area (Å²) >= 11 is 5.36. The lowest BCUT2D eigenvalue weighted by molar-refractivity contribution is 0.194. The highest BCUT2D eigenvalue weighted by atomic mass is 35.5. The number of alkyl halides is 1. The van der Waals surface area contributed by atoms with Crippen molar-refractivity contribution in [1.82, 2.24) is 0 Å². The van der Waals surface area contributed by atoms with E-state index in [2.05, 4.69) is 0 Å². The zero-order valence-corrected chi connectivity index (χ0v) is 19.1. The molecule has 0 aliphatic carbocycles. The minimum Gasteiger partial charge on any atom is -0.392 e. The molecule has 1 rings (SSSR count). The molecular weight excluding hydrogens is 448 g/mol. The normalized spacial score (nSPS) is 14.3. The summed E-state index contributed by atoms with van der Waals surface area (Å²) in [6, 6.07) is 6.32. The highest BCUT2D eigenvalue weighted by Gasteiger charge is 2.23. The highest BCUT2D eigenvalue weighted by Crippen LogP contribution is 2.18. The van der Waals surface area contributed by atoms with Crippen molar-refractivity contribution in [3.8, 4) is 0 Å². The van der Waals surface area contributed by atoms with Gasteiger partial charge in [0.25, 0.3) is 0 Å². The summed E-state index contributed by atoms with van der Waals surface area (Å²) < 4.78 is 72.1. The van der Waals surface area contributed by atoms with Crippen LogP contribution in [0.4, 0.5) is 0 Å². The number of hydrogen-bond acceptors (Lipinski definition) is 7. The third-order valence-electron chi connectivity index (χ3n) is 4.17. The van der Waals surface area contributed by atoms with E-state index in [0.29, 0.717) is 0 Å². The van der Waals surface area contributed by atoms with Crippen LogP contribution in [0.2, 0.25) is 0 Å². The van der Waals surface area contributed by atoms with E-state index in [1.54, 1.807) is 12.1 Å². The Morgan fingerprint density at radius 2 is 1.43 bits per heavy atom. The third kappa shape index (κ3) is 8.77. The Balaban J connectivity index is 2.64. The molecule has 1 atom stereocenters. The predicted molar refractivity (Wildman–Crippen MR) is 111 cm³/mol. The Morgan fingerprint density at radius 3 is 1.93 bits per heavy atom. The van der Waals surface area contributed by atoms with Crippen molar-refractivity contribution in [3.63, 3.8) is 0 Å². The quantitative estimate of drug-likeness (QED) is 0.454. The molecule has 1 N–H and O–H groups in total. The van der Waals surface area contributed by atoms with Gasteiger partial charge in [-0.3, -0.25) is 0 Å². The monoisotopic (exact) mass is 474 g/mol. The summed E-state index contributed by atoms with van der Waals surface area (Å²) in [5.41, 5.74) is 0.977. The Hall–Kier alpha value is -0.680. The topological polar surface area (TPSA) is 123 Å². The maximum absolute atomic E-state index is 12.4. The van der Waals surface area contributed by atoms with Crippen molar-refractivity contribution in [3.05, 3.63) is 29.8 Å². The van der Waals surface area contributed by atoms with Gasteiger partial charge in [0, 0.05) is 5.88 Å². The first-order chi connectivity index (χ1) is 12.8. The van der Waals surface area contributed by atoms with Crippen LogP contribution in [-0.4, -0.2) is 71.1 Å². The zero-order chi connectivity index (χ0) is 21.6. The summed E-state index contributed by atoms with van der Waals surface area (Å²) in [7, 11) is -11.1. The second-order valence-electron chi connectivity index (χ2n) is 6.94. The Labute approximate surface area is 172 Å². The molecule has 0 amide bonds. The molecule has 7 nitrogen and oxygen atoms in total. The van der Waals surface area contributed by atoms with Gasteiger partial charge in [0.15, 0.2) is 29.5 Å². The van der Waals surface area contributed by atoms with Crippen LogP contribution in [0.25, 0.3) is 0 Å². The highest BCUT2D eigenvalue weighted by molar-refractivity contribution is 7.95. The average molecular weight is 475 g/mol. The minimum absolute atomic E-state index is 0.0549. The number of hydrogen-bond donors (Lipinski definition) is 1. The Kier molecular flexibility index (Phi) is 9.40. The SMILES string of the molecule is CC(C)c1ccc(S(=O)(=O)CCS(=O)(=O)CCC(O)CS(=O)(=O)CCCl)cc1. The fourth-order valence-corrected chi connectivity index (χ4v) is 7.78. The smallest absolute Gasteiger partial charge is 0.179 e. The van der Waals surface area contributed by atoms with Crippen LogP contribution >= 0.6 is 11.6 Å². The molecule has 0 aliphatic rings. The van der Waals surface area contributed by atoms with Crippen molar-refractivity contribution in [2.24, 2.45) is 0 Å². The van der Waals surface area contributed by atoms with Gasteiger partial charge in [-0.15, -0.1) is 11.6 Å². The number of benzene rings is 1.